The monoisotopic (exact) mass is 243 g/mol. The number of hydrogen-bond donors (Lipinski definition) is 2. The van der Waals surface area contributed by atoms with E-state index in [0.717, 1.165) is 18.2 Å². The Labute approximate surface area is 109 Å². The van der Waals surface area contributed by atoms with Crippen molar-refractivity contribution < 1.29 is 0 Å². The second-order valence-electron chi connectivity index (χ2n) is 5.14. The molecule has 0 aromatic heterocycles. The molecule has 0 atom stereocenters. The summed E-state index contributed by atoms with van der Waals surface area (Å²) in [5, 5.41) is 12.4. The van der Waals surface area contributed by atoms with E-state index in [-0.39, 0.29) is 0 Å². The summed E-state index contributed by atoms with van der Waals surface area (Å²) < 4.78 is 0. The zero-order valence-electron chi connectivity index (χ0n) is 10.8. The van der Waals surface area contributed by atoms with Crippen LogP contribution >= 0.6 is 0 Å². The van der Waals surface area contributed by atoms with Crippen molar-refractivity contribution in [2.24, 2.45) is 5.92 Å². The molecule has 3 N–H and O–H groups in total. The van der Waals surface area contributed by atoms with Gasteiger partial charge in [0.05, 0.1) is 11.3 Å². The first-order valence-corrected chi connectivity index (χ1v) is 6.83. The molecule has 3 nitrogen and oxygen atoms in total. The molecule has 1 aromatic carbocycles. The summed E-state index contributed by atoms with van der Waals surface area (Å²) in [6, 6.07) is 7.62. The number of hydrogen-bond acceptors (Lipinski definition) is 3. The number of benzene rings is 1. The Hall–Kier alpha value is -1.69. The number of rotatable bonds is 5. The fourth-order valence-electron chi connectivity index (χ4n) is 2.72. The minimum absolute atomic E-state index is 0.635. The van der Waals surface area contributed by atoms with Crippen molar-refractivity contribution in [2.75, 3.05) is 17.6 Å². The van der Waals surface area contributed by atoms with Crippen LogP contribution in [0.25, 0.3) is 0 Å². The van der Waals surface area contributed by atoms with Gasteiger partial charge in [0.2, 0.25) is 0 Å². The molecule has 0 unspecified atom stereocenters. The lowest BCUT2D eigenvalue weighted by Gasteiger charge is -2.11. The fourth-order valence-corrected chi connectivity index (χ4v) is 2.72. The van der Waals surface area contributed by atoms with Crippen LogP contribution < -0.4 is 11.1 Å². The molecule has 1 fully saturated rings. The average Bonchev–Trinajstić information content (AvgIpc) is 2.89. The van der Waals surface area contributed by atoms with Crippen LogP contribution in [0.2, 0.25) is 0 Å². The zero-order valence-corrected chi connectivity index (χ0v) is 10.8. The quantitative estimate of drug-likeness (QED) is 0.614. The van der Waals surface area contributed by atoms with Crippen LogP contribution in [-0.4, -0.2) is 6.54 Å². The molecule has 0 bridgehead atoms. The Kier molecular flexibility index (Phi) is 4.46. The van der Waals surface area contributed by atoms with Gasteiger partial charge in [0, 0.05) is 12.2 Å². The van der Waals surface area contributed by atoms with E-state index in [1.54, 1.807) is 6.07 Å². The van der Waals surface area contributed by atoms with Gasteiger partial charge in [0.1, 0.15) is 6.07 Å². The lowest BCUT2D eigenvalue weighted by molar-refractivity contribution is 0.491. The van der Waals surface area contributed by atoms with Crippen LogP contribution in [0.3, 0.4) is 0 Å². The van der Waals surface area contributed by atoms with Gasteiger partial charge in [-0.1, -0.05) is 25.7 Å². The number of nitrogens with two attached hydrogens (primary N) is 1. The summed E-state index contributed by atoms with van der Waals surface area (Å²) in [6.07, 6.45) is 8.13. The average molecular weight is 243 g/mol. The molecule has 0 amide bonds. The second-order valence-corrected chi connectivity index (χ2v) is 5.14. The highest BCUT2D eigenvalue weighted by Gasteiger charge is 2.13. The van der Waals surface area contributed by atoms with E-state index in [9.17, 15) is 0 Å². The van der Waals surface area contributed by atoms with Crippen LogP contribution in [0.5, 0.6) is 0 Å². The number of nitriles is 1. The first-order chi connectivity index (χ1) is 8.79. The van der Waals surface area contributed by atoms with Gasteiger partial charge < -0.3 is 11.1 Å². The standard InChI is InChI=1S/C15H21N3/c16-11-13-10-14(17)7-8-15(13)18-9-3-6-12-4-1-2-5-12/h7-8,10,12,18H,1-6,9,17H2. The molecule has 3 heteroatoms. The van der Waals surface area contributed by atoms with Crippen LogP contribution in [0, 0.1) is 17.2 Å². The predicted octanol–water partition coefficient (Wildman–Crippen LogP) is 3.52. The van der Waals surface area contributed by atoms with E-state index < -0.39 is 0 Å². The number of nitrogens with zero attached hydrogens (tertiary/aromatic N) is 1. The Bertz CT molecular complexity index is 428. The Morgan fingerprint density at radius 1 is 1.33 bits per heavy atom. The first-order valence-electron chi connectivity index (χ1n) is 6.83. The number of nitrogen functional groups attached to an aromatic ring is 1. The van der Waals surface area contributed by atoms with Crippen molar-refractivity contribution in [3.63, 3.8) is 0 Å². The SMILES string of the molecule is N#Cc1cc(N)ccc1NCCCC1CCCC1. The van der Waals surface area contributed by atoms with E-state index in [0.29, 0.717) is 11.3 Å². The van der Waals surface area contributed by atoms with Crippen LogP contribution in [0.15, 0.2) is 18.2 Å². The summed E-state index contributed by atoms with van der Waals surface area (Å²) in [4.78, 5) is 0. The normalized spacial score (nSPS) is 15.5. The summed E-state index contributed by atoms with van der Waals surface area (Å²) in [5.41, 5.74) is 7.84. The maximum absolute atomic E-state index is 9.03. The van der Waals surface area contributed by atoms with Gasteiger partial charge in [-0.2, -0.15) is 5.26 Å². The highest BCUT2D eigenvalue weighted by Crippen LogP contribution is 2.28. The largest absolute Gasteiger partial charge is 0.399 e. The molecular formula is C15H21N3. The summed E-state index contributed by atoms with van der Waals surface area (Å²) >= 11 is 0. The lowest BCUT2D eigenvalue weighted by atomic mass is 10.0. The van der Waals surface area contributed by atoms with Crippen molar-refractivity contribution in [3.05, 3.63) is 23.8 Å². The van der Waals surface area contributed by atoms with Crippen LogP contribution in [-0.2, 0) is 0 Å². The summed E-state index contributed by atoms with van der Waals surface area (Å²) in [5.74, 6) is 0.939. The summed E-state index contributed by atoms with van der Waals surface area (Å²) in [6.45, 7) is 0.940. The molecular weight excluding hydrogens is 222 g/mol. The van der Waals surface area contributed by atoms with Crippen molar-refractivity contribution in [3.8, 4) is 6.07 Å². The third-order valence-corrected chi connectivity index (χ3v) is 3.74. The van der Waals surface area contributed by atoms with Crippen LogP contribution in [0.4, 0.5) is 11.4 Å². The van der Waals surface area contributed by atoms with Gasteiger partial charge in [-0.3, -0.25) is 0 Å². The van der Waals surface area contributed by atoms with E-state index >= 15 is 0 Å². The van der Waals surface area contributed by atoms with E-state index in [1.165, 1.54) is 38.5 Å². The zero-order chi connectivity index (χ0) is 12.8. The molecule has 0 heterocycles. The molecule has 1 aliphatic rings. The van der Waals surface area contributed by atoms with Crippen LogP contribution in [0.1, 0.15) is 44.1 Å². The molecule has 0 radical (unpaired) electrons. The molecule has 1 aliphatic carbocycles. The van der Waals surface area contributed by atoms with Crippen molar-refractivity contribution in [1.29, 1.82) is 5.26 Å². The number of anilines is 2. The predicted molar refractivity (Wildman–Crippen MR) is 75.3 cm³/mol. The minimum Gasteiger partial charge on any atom is -0.399 e. The van der Waals surface area contributed by atoms with E-state index in [2.05, 4.69) is 11.4 Å². The fraction of sp³-hybridized carbons (Fsp3) is 0.533. The van der Waals surface area contributed by atoms with Gasteiger partial charge in [-0.15, -0.1) is 0 Å². The van der Waals surface area contributed by atoms with E-state index in [1.807, 2.05) is 12.1 Å². The summed E-state index contributed by atoms with van der Waals surface area (Å²) in [7, 11) is 0. The highest BCUT2D eigenvalue weighted by molar-refractivity contribution is 5.62. The highest BCUT2D eigenvalue weighted by atomic mass is 14.9. The molecule has 18 heavy (non-hydrogen) atoms. The van der Waals surface area contributed by atoms with E-state index in [4.69, 9.17) is 11.0 Å². The van der Waals surface area contributed by atoms with Gasteiger partial charge >= 0.3 is 0 Å². The Balaban J connectivity index is 1.77. The van der Waals surface area contributed by atoms with Gasteiger partial charge in [0.15, 0.2) is 0 Å². The Morgan fingerprint density at radius 2 is 2.11 bits per heavy atom. The molecule has 0 spiro atoms. The molecule has 1 aromatic rings. The smallest absolute Gasteiger partial charge is 0.101 e. The molecule has 2 rings (SSSR count). The third kappa shape index (κ3) is 3.40. The van der Waals surface area contributed by atoms with Crippen molar-refractivity contribution in [2.45, 2.75) is 38.5 Å². The molecule has 1 saturated carbocycles. The second kappa shape index (κ2) is 6.30. The molecule has 0 saturated heterocycles. The maximum atomic E-state index is 9.03. The van der Waals surface area contributed by atoms with Crippen molar-refractivity contribution in [1.82, 2.24) is 0 Å². The van der Waals surface area contributed by atoms with Gasteiger partial charge in [0.25, 0.3) is 0 Å². The molecule has 96 valence electrons. The van der Waals surface area contributed by atoms with Crippen molar-refractivity contribution >= 4 is 11.4 Å². The maximum Gasteiger partial charge on any atom is 0.101 e. The topological polar surface area (TPSA) is 61.8 Å². The molecule has 0 aliphatic heterocycles. The minimum atomic E-state index is 0.635. The van der Waals surface area contributed by atoms with Gasteiger partial charge in [-0.05, 0) is 37.0 Å². The first kappa shape index (κ1) is 12.8. The third-order valence-electron chi connectivity index (χ3n) is 3.74. The number of nitrogens with one attached hydrogen (secondary N) is 1. The lowest BCUT2D eigenvalue weighted by Crippen LogP contribution is -2.05. The Morgan fingerprint density at radius 3 is 2.83 bits per heavy atom. The van der Waals surface area contributed by atoms with Gasteiger partial charge in [-0.25, -0.2) is 0 Å².